The Morgan fingerprint density at radius 1 is 0.796 bits per heavy atom. The van der Waals surface area contributed by atoms with Crippen molar-refractivity contribution in [2.75, 3.05) is 0 Å². The lowest BCUT2D eigenvalue weighted by molar-refractivity contribution is 0.449. The zero-order valence-corrected chi connectivity index (χ0v) is 30.0. The van der Waals surface area contributed by atoms with Crippen LogP contribution < -0.4 is 10.3 Å². The number of unbranched alkanes of at least 4 members (excludes halogenated alkanes) is 14. The number of hydrogen-bond donors (Lipinski definition) is 3. The average Bonchev–Trinajstić information content (AvgIpc) is 3.57. The van der Waals surface area contributed by atoms with Crippen LogP contribution in [-0.2, 0) is 16.5 Å². The highest BCUT2D eigenvalue weighted by molar-refractivity contribution is 7.86. The SMILES string of the molecule is CCCCCCCCCCCCCCCCCc1[nH]n(-c2ccc(Oc3ccccc3)c(S(=O)(=O)O)c2)c(=O)c1N=Nc1c(C)n[nH]c1C. The Balaban J connectivity index is 1.41. The average molecular weight is 693 g/mol. The number of benzene rings is 2. The molecule has 2 aromatic carbocycles. The van der Waals surface area contributed by atoms with Crippen LogP contribution in [0.2, 0.25) is 0 Å². The van der Waals surface area contributed by atoms with E-state index in [9.17, 15) is 17.8 Å². The highest BCUT2D eigenvalue weighted by atomic mass is 32.2. The normalized spacial score (nSPS) is 11.9. The van der Waals surface area contributed by atoms with E-state index in [1.165, 1.54) is 93.9 Å². The third kappa shape index (κ3) is 11.5. The monoisotopic (exact) mass is 692 g/mol. The van der Waals surface area contributed by atoms with Crippen molar-refractivity contribution in [3.63, 3.8) is 0 Å². The molecule has 0 aliphatic rings. The summed E-state index contributed by atoms with van der Waals surface area (Å²) in [6, 6.07) is 12.8. The molecular formula is C37H52N6O5S. The highest BCUT2D eigenvalue weighted by Crippen LogP contribution is 2.31. The molecule has 0 aliphatic carbocycles. The molecule has 4 aromatic rings. The van der Waals surface area contributed by atoms with Crippen LogP contribution in [0.5, 0.6) is 11.5 Å². The zero-order valence-electron chi connectivity index (χ0n) is 29.2. The van der Waals surface area contributed by atoms with Crippen molar-refractivity contribution in [3.05, 3.63) is 76.0 Å². The Morgan fingerprint density at radius 2 is 1.37 bits per heavy atom. The second-order valence-corrected chi connectivity index (χ2v) is 14.2. The Bertz CT molecular complexity index is 1770. The van der Waals surface area contributed by atoms with E-state index >= 15 is 0 Å². The lowest BCUT2D eigenvalue weighted by Crippen LogP contribution is -2.15. The summed E-state index contributed by atoms with van der Waals surface area (Å²) >= 11 is 0. The van der Waals surface area contributed by atoms with Crippen LogP contribution in [0.4, 0.5) is 11.4 Å². The molecule has 0 amide bonds. The van der Waals surface area contributed by atoms with E-state index in [4.69, 9.17) is 4.74 Å². The maximum absolute atomic E-state index is 13.7. The Hall–Kier alpha value is -4.03. The Kier molecular flexibility index (Phi) is 14.8. The molecular weight excluding hydrogens is 641 g/mol. The molecule has 0 fully saturated rings. The van der Waals surface area contributed by atoms with E-state index in [1.807, 2.05) is 6.92 Å². The van der Waals surface area contributed by atoms with Crippen molar-refractivity contribution < 1.29 is 17.7 Å². The lowest BCUT2D eigenvalue weighted by atomic mass is 10.0. The summed E-state index contributed by atoms with van der Waals surface area (Å²) < 4.78 is 41.8. The van der Waals surface area contributed by atoms with Crippen molar-refractivity contribution in [2.24, 2.45) is 10.2 Å². The number of aromatic nitrogens is 4. The first-order chi connectivity index (χ1) is 23.7. The molecule has 0 bridgehead atoms. The van der Waals surface area contributed by atoms with Gasteiger partial charge in [0.15, 0.2) is 5.69 Å². The van der Waals surface area contributed by atoms with Gasteiger partial charge in [0.1, 0.15) is 22.1 Å². The molecule has 0 radical (unpaired) electrons. The van der Waals surface area contributed by atoms with Crippen LogP contribution in [0, 0.1) is 13.8 Å². The molecule has 3 N–H and O–H groups in total. The Labute approximate surface area is 290 Å². The maximum Gasteiger partial charge on any atom is 0.299 e. The molecule has 11 nitrogen and oxygen atoms in total. The number of aromatic amines is 2. The number of para-hydroxylation sites is 1. The quantitative estimate of drug-likeness (QED) is 0.0423. The van der Waals surface area contributed by atoms with E-state index in [-0.39, 0.29) is 17.1 Å². The van der Waals surface area contributed by atoms with Gasteiger partial charge in [0.25, 0.3) is 15.7 Å². The van der Waals surface area contributed by atoms with Gasteiger partial charge in [-0.2, -0.15) is 13.5 Å². The maximum atomic E-state index is 13.7. The molecule has 2 aromatic heterocycles. The van der Waals surface area contributed by atoms with Crippen LogP contribution in [0.1, 0.15) is 120 Å². The van der Waals surface area contributed by atoms with Gasteiger partial charge in [-0.15, -0.1) is 10.2 Å². The third-order valence-corrected chi connectivity index (χ3v) is 9.62. The fourth-order valence-corrected chi connectivity index (χ4v) is 6.57. The zero-order chi connectivity index (χ0) is 35.1. The molecule has 0 saturated carbocycles. The van der Waals surface area contributed by atoms with Gasteiger partial charge < -0.3 is 4.74 Å². The van der Waals surface area contributed by atoms with E-state index in [2.05, 4.69) is 32.4 Å². The number of azo groups is 1. The predicted octanol–water partition coefficient (Wildman–Crippen LogP) is 10.4. The number of rotatable bonds is 22. The van der Waals surface area contributed by atoms with Crippen molar-refractivity contribution >= 4 is 21.5 Å². The van der Waals surface area contributed by atoms with E-state index < -0.39 is 20.6 Å². The molecule has 0 aliphatic heterocycles. The van der Waals surface area contributed by atoms with Gasteiger partial charge in [0, 0.05) is 0 Å². The minimum absolute atomic E-state index is 0.0686. The molecule has 49 heavy (non-hydrogen) atoms. The van der Waals surface area contributed by atoms with E-state index in [1.54, 1.807) is 43.3 Å². The van der Waals surface area contributed by atoms with Gasteiger partial charge in [-0.05, 0) is 57.0 Å². The molecule has 0 atom stereocenters. The minimum atomic E-state index is -4.69. The lowest BCUT2D eigenvalue weighted by Gasteiger charge is -2.11. The van der Waals surface area contributed by atoms with Gasteiger partial charge in [-0.1, -0.05) is 115 Å². The fraction of sp³-hybridized carbons (Fsp3) is 0.514. The van der Waals surface area contributed by atoms with Crippen molar-refractivity contribution in [2.45, 2.75) is 128 Å². The first kappa shape index (κ1) is 37.8. The molecule has 266 valence electrons. The number of nitrogens with one attached hydrogen (secondary N) is 2. The van der Waals surface area contributed by atoms with Crippen LogP contribution >= 0.6 is 0 Å². The van der Waals surface area contributed by atoms with Crippen molar-refractivity contribution in [3.8, 4) is 17.2 Å². The molecule has 4 rings (SSSR count). The first-order valence-corrected chi connectivity index (χ1v) is 19.2. The molecule has 12 heteroatoms. The summed E-state index contributed by atoms with van der Waals surface area (Å²) in [6.07, 6.45) is 19.4. The van der Waals surface area contributed by atoms with Gasteiger partial charge in [0.05, 0.1) is 22.8 Å². The van der Waals surface area contributed by atoms with Gasteiger partial charge in [0.2, 0.25) is 0 Å². The number of aryl methyl sites for hydroxylation is 3. The first-order valence-electron chi connectivity index (χ1n) is 17.8. The summed E-state index contributed by atoms with van der Waals surface area (Å²) in [7, 11) is -4.69. The van der Waals surface area contributed by atoms with Gasteiger partial charge in [-0.3, -0.25) is 19.5 Å². The van der Waals surface area contributed by atoms with Crippen LogP contribution in [0.25, 0.3) is 5.69 Å². The predicted molar refractivity (Wildman–Crippen MR) is 194 cm³/mol. The molecule has 2 heterocycles. The second kappa shape index (κ2) is 19.2. The summed E-state index contributed by atoms with van der Waals surface area (Å²) in [6.45, 7) is 5.89. The standard InChI is InChI=1S/C37H52N6O5S/c1-4-5-6-7-8-9-10-11-12-13-14-15-16-17-21-24-32-36(41-40-35-28(2)38-39-29(35)3)37(44)43(42-32)30-25-26-33(34(27-30)49(45,46)47)48-31-22-19-18-20-23-31/h18-20,22-23,25-27,42H,4-17,21,24H2,1-3H3,(H,38,39)(H,45,46,47). The Morgan fingerprint density at radius 3 is 1.92 bits per heavy atom. The van der Waals surface area contributed by atoms with Crippen LogP contribution in [0.3, 0.4) is 0 Å². The van der Waals surface area contributed by atoms with Gasteiger partial charge in [-0.25, -0.2) is 4.68 Å². The fourth-order valence-electron chi connectivity index (χ4n) is 5.94. The smallest absolute Gasteiger partial charge is 0.299 e. The van der Waals surface area contributed by atoms with Crippen molar-refractivity contribution in [1.29, 1.82) is 0 Å². The number of H-pyrrole nitrogens is 2. The summed E-state index contributed by atoms with van der Waals surface area (Å²) in [5.41, 5.74) is 2.40. The number of ether oxygens (including phenoxy) is 1. The van der Waals surface area contributed by atoms with E-state index in [0.29, 0.717) is 29.2 Å². The number of nitrogens with zero attached hydrogens (tertiary/aromatic N) is 4. The van der Waals surface area contributed by atoms with Gasteiger partial charge >= 0.3 is 0 Å². The second-order valence-electron chi connectivity index (χ2n) is 12.8. The summed E-state index contributed by atoms with van der Waals surface area (Å²) in [4.78, 5) is 13.3. The van der Waals surface area contributed by atoms with Crippen LogP contribution in [-0.4, -0.2) is 32.9 Å². The third-order valence-electron chi connectivity index (χ3n) is 8.74. The summed E-state index contributed by atoms with van der Waals surface area (Å²) in [5, 5.41) is 18.9. The summed E-state index contributed by atoms with van der Waals surface area (Å²) in [5.74, 6) is 0.330. The van der Waals surface area contributed by atoms with E-state index in [0.717, 1.165) is 25.0 Å². The minimum Gasteiger partial charge on any atom is -0.456 e. The van der Waals surface area contributed by atoms with Crippen molar-refractivity contribution in [1.82, 2.24) is 20.0 Å². The molecule has 0 saturated heterocycles. The largest absolute Gasteiger partial charge is 0.456 e. The molecule has 0 unspecified atom stereocenters. The van der Waals surface area contributed by atoms with Crippen LogP contribution in [0.15, 0.2) is 68.4 Å². The topological polar surface area (TPSA) is 155 Å². The molecule has 0 spiro atoms. The highest BCUT2D eigenvalue weighted by Gasteiger charge is 2.22. The number of hydrogen-bond acceptors (Lipinski definition) is 7.